The number of allylic oxidation sites excluding steroid dienone is 2. The third-order valence-electron chi connectivity index (χ3n) is 0.806. The first-order valence-electron chi connectivity index (χ1n) is 2.77. The number of nitrogens with zero attached hydrogens (tertiary/aromatic N) is 1. The molecule has 66 valence electrons. The predicted molar refractivity (Wildman–Crippen MR) is 31.5 cm³/mol. The fraction of sp³-hybridized carbons (Fsp3) is 0.333. The SMILES string of the molecule is C/C=C(\C#N)OC(=O)C(F)(F)F. The Bertz CT molecular complexity index is 248. The maximum Gasteiger partial charge on any atom is 0.491 e. The van der Waals surface area contributed by atoms with Crippen LogP contribution in [0.5, 0.6) is 0 Å². The summed E-state index contributed by atoms with van der Waals surface area (Å²) in [6, 6.07) is 1.27. The lowest BCUT2D eigenvalue weighted by atomic mass is 10.5. The van der Waals surface area contributed by atoms with Gasteiger partial charge in [0, 0.05) is 0 Å². The molecule has 0 atom stereocenters. The molecule has 0 N–H and O–H groups in total. The standard InChI is InChI=1S/C6H4F3NO2/c1-2-4(3-10)12-5(11)6(7,8)9/h2H,1H3/b4-2+. The minimum absolute atomic E-state index is 0.669. The molecule has 0 aliphatic rings. The molecule has 0 heterocycles. The summed E-state index contributed by atoms with van der Waals surface area (Å²) in [5.41, 5.74) is 0. The fourth-order valence-corrected chi connectivity index (χ4v) is 0.304. The van der Waals surface area contributed by atoms with Crippen molar-refractivity contribution in [1.29, 1.82) is 5.26 Å². The second-order valence-corrected chi connectivity index (χ2v) is 1.65. The number of ether oxygens (including phenoxy) is 1. The van der Waals surface area contributed by atoms with Crippen molar-refractivity contribution < 1.29 is 22.7 Å². The van der Waals surface area contributed by atoms with Crippen molar-refractivity contribution in [1.82, 2.24) is 0 Å². The second-order valence-electron chi connectivity index (χ2n) is 1.65. The number of nitriles is 1. The Morgan fingerprint density at radius 3 is 2.33 bits per heavy atom. The smallest absolute Gasteiger partial charge is 0.409 e. The van der Waals surface area contributed by atoms with Crippen molar-refractivity contribution in [3.8, 4) is 6.07 Å². The van der Waals surface area contributed by atoms with Crippen molar-refractivity contribution in [3.05, 3.63) is 11.8 Å². The van der Waals surface area contributed by atoms with Gasteiger partial charge in [-0.15, -0.1) is 0 Å². The number of rotatable bonds is 1. The van der Waals surface area contributed by atoms with E-state index in [1.165, 1.54) is 13.0 Å². The highest BCUT2D eigenvalue weighted by atomic mass is 19.4. The minimum Gasteiger partial charge on any atom is -0.409 e. The topological polar surface area (TPSA) is 50.1 Å². The summed E-state index contributed by atoms with van der Waals surface area (Å²) in [6.45, 7) is 1.28. The van der Waals surface area contributed by atoms with Crippen LogP contribution in [0.2, 0.25) is 0 Å². The van der Waals surface area contributed by atoms with Crippen molar-refractivity contribution in [2.45, 2.75) is 13.1 Å². The summed E-state index contributed by atoms with van der Waals surface area (Å²) in [5, 5.41) is 8.08. The van der Waals surface area contributed by atoms with E-state index < -0.39 is 17.9 Å². The third kappa shape index (κ3) is 3.05. The van der Waals surface area contributed by atoms with Crippen LogP contribution in [0.15, 0.2) is 11.8 Å². The van der Waals surface area contributed by atoms with Crippen LogP contribution in [0.3, 0.4) is 0 Å². The van der Waals surface area contributed by atoms with Gasteiger partial charge in [-0.2, -0.15) is 18.4 Å². The molecular weight excluding hydrogens is 175 g/mol. The molecule has 0 aliphatic heterocycles. The van der Waals surface area contributed by atoms with E-state index >= 15 is 0 Å². The number of carbonyl (C=O) groups is 1. The van der Waals surface area contributed by atoms with Crippen LogP contribution in [-0.2, 0) is 9.53 Å². The molecule has 0 aromatic carbocycles. The summed E-state index contributed by atoms with van der Waals surface area (Å²) in [4.78, 5) is 10.1. The van der Waals surface area contributed by atoms with E-state index in [9.17, 15) is 18.0 Å². The zero-order valence-electron chi connectivity index (χ0n) is 5.97. The first kappa shape index (κ1) is 10.5. The van der Waals surface area contributed by atoms with Crippen LogP contribution in [0.4, 0.5) is 13.2 Å². The predicted octanol–water partition coefficient (Wildman–Crippen LogP) is 1.52. The summed E-state index contributed by atoms with van der Waals surface area (Å²) >= 11 is 0. The lowest BCUT2D eigenvalue weighted by Crippen LogP contribution is -2.24. The van der Waals surface area contributed by atoms with Crippen LogP contribution < -0.4 is 0 Å². The van der Waals surface area contributed by atoms with E-state index in [-0.39, 0.29) is 0 Å². The van der Waals surface area contributed by atoms with Gasteiger partial charge in [0.25, 0.3) is 0 Å². The lowest BCUT2D eigenvalue weighted by Gasteiger charge is -2.03. The number of halogens is 3. The van der Waals surface area contributed by atoms with Crippen molar-refractivity contribution in [2.75, 3.05) is 0 Å². The molecule has 3 nitrogen and oxygen atoms in total. The molecule has 0 rings (SSSR count). The molecule has 0 saturated carbocycles. The number of hydrogen-bond acceptors (Lipinski definition) is 3. The molecule has 0 fully saturated rings. The van der Waals surface area contributed by atoms with Gasteiger partial charge in [-0.25, -0.2) is 4.79 Å². The van der Waals surface area contributed by atoms with Crippen LogP contribution in [-0.4, -0.2) is 12.1 Å². The first-order valence-corrected chi connectivity index (χ1v) is 2.77. The van der Waals surface area contributed by atoms with E-state index in [0.29, 0.717) is 0 Å². The molecule has 0 unspecified atom stereocenters. The van der Waals surface area contributed by atoms with Gasteiger partial charge < -0.3 is 4.74 Å². The Labute approximate surface area is 66.0 Å². The van der Waals surface area contributed by atoms with Crippen molar-refractivity contribution in [2.24, 2.45) is 0 Å². The Morgan fingerprint density at radius 2 is 2.08 bits per heavy atom. The summed E-state index contributed by atoms with van der Waals surface area (Å²) in [6.07, 6.45) is -4.10. The van der Waals surface area contributed by atoms with Gasteiger partial charge in [-0.1, -0.05) is 0 Å². The fourth-order valence-electron chi connectivity index (χ4n) is 0.304. The van der Waals surface area contributed by atoms with Gasteiger partial charge in [0.2, 0.25) is 5.76 Å². The Morgan fingerprint density at radius 1 is 1.58 bits per heavy atom. The van der Waals surface area contributed by atoms with E-state index in [2.05, 4.69) is 4.74 Å². The second kappa shape index (κ2) is 3.76. The van der Waals surface area contributed by atoms with E-state index in [1.807, 2.05) is 0 Å². The lowest BCUT2D eigenvalue weighted by molar-refractivity contribution is -0.194. The zero-order chi connectivity index (χ0) is 9.78. The molecule has 0 aromatic heterocycles. The monoisotopic (exact) mass is 179 g/mol. The first-order chi connectivity index (χ1) is 5.41. The van der Waals surface area contributed by atoms with Gasteiger partial charge >= 0.3 is 12.1 Å². The molecule has 12 heavy (non-hydrogen) atoms. The Balaban J connectivity index is 4.32. The third-order valence-corrected chi connectivity index (χ3v) is 0.806. The van der Waals surface area contributed by atoms with E-state index in [4.69, 9.17) is 5.26 Å². The molecule has 0 bridgehead atoms. The van der Waals surface area contributed by atoms with Crippen molar-refractivity contribution >= 4 is 5.97 Å². The normalized spacial score (nSPS) is 12.1. The molecule has 0 aliphatic carbocycles. The van der Waals surface area contributed by atoms with E-state index in [0.717, 1.165) is 6.08 Å². The van der Waals surface area contributed by atoms with Gasteiger partial charge in [0.05, 0.1) is 0 Å². The molecule has 0 amide bonds. The Hall–Kier alpha value is -1.51. The van der Waals surface area contributed by atoms with Crippen LogP contribution in [0, 0.1) is 11.3 Å². The van der Waals surface area contributed by atoms with Gasteiger partial charge in [0.1, 0.15) is 6.07 Å². The highest BCUT2D eigenvalue weighted by Gasteiger charge is 2.41. The number of hydrogen-bond donors (Lipinski definition) is 0. The summed E-state index contributed by atoms with van der Waals surface area (Å²) < 4.78 is 38.1. The summed E-state index contributed by atoms with van der Waals surface area (Å²) in [5.74, 6) is -3.06. The number of carbonyl (C=O) groups excluding carboxylic acids is 1. The molecule has 0 saturated heterocycles. The van der Waals surface area contributed by atoms with Gasteiger partial charge in [0.15, 0.2) is 0 Å². The van der Waals surface area contributed by atoms with E-state index in [1.54, 1.807) is 0 Å². The highest BCUT2D eigenvalue weighted by Crippen LogP contribution is 2.17. The largest absolute Gasteiger partial charge is 0.491 e. The molecule has 0 aromatic rings. The average molecular weight is 179 g/mol. The van der Waals surface area contributed by atoms with Crippen LogP contribution in [0.1, 0.15) is 6.92 Å². The molecule has 0 radical (unpaired) electrons. The van der Waals surface area contributed by atoms with Crippen LogP contribution >= 0.6 is 0 Å². The average Bonchev–Trinajstić information content (AvgIpc) is 1.97. The van der Waals surface area contributed by atoms with Crippen LogP contribution in [0.25, 0.3) is 0 Å². The summed E-state index contributed by atoms with van der Waals surface area (Å²) in [7, 11) is 0. The maximum absolute atomic E-state index is 11.5. The van der Waals surface area contributed by atoms with Gasteiger partial charge in [-0.3, -0.25) is 0 Å². The minimum atomic E-state index is -5.06. The number of alkyl halides is 3. The number of esters is 1. The molecular formula is C6H4F3NO2. The molecule has 6 heteroatoms. The quantitative estimate of drug-likeness (QED) is 0.348. The van der Waals surface area contributed by atoms with Gasteiger partial charge in [-0.05, 0) is 13.0 Å². The molecule has 0 spiro atoms. The zero-order valence-corrected chi connectivity index (χ0v) is 5.97. The highest BCUT2D eigenvalue weighted by molar-refractivity contribution is 5.77. The maximum atomic E-state index is 11.5. The Kier molecular flexibility index (Phi) is 3.29. The van der Waals surface area contributed by atoms with Crippen molar-refractivity contribution in [3.63, 3.8) is 0 Å².